The van der Waals surface area contributed by atoms with Crippen LogP contribution in [0.5, 0.6) is 0 Å². The molecule has 0 spiro atoms. The van der Waals surface area contributed by atoms with Crippen molar-refractivity contribution in [3.05, 3.63) is 35.9 Å². The molecule has 9 atom stereocenters. The maximum Gasteiger partial charge on any atom is 0.407 e. The number of unbranched alkanes of at least 4 members (excludes halogenated alkanes) is 1. The fourth-order valence-corrected chi connectivity index (χ4v) is 8.81. The number of carbonyl (C=O) groups excluding carboxylic acids is 7. The number of carbonyl (C=O) groups is 7. The summed E-state index contributed by atoms with van der Waals surface area (Å²) < 4.78 is 5.37. The van der Waals surface area contributed by atoms with Crippen molar-refractivity contribution in [1.29, 1.82) is 0 Å². The number of rotatable bonds is 17. The van der Waals surface area contributed by atoms with Gasteiger partial charge >= 0.3 is 6.09 Å². The van der Waals surface area contributed by atoms with E-state index in [1.54, 1.807) is 44.4 Å². The van der Waals surface area contributed by atoms with Crippen molar-refractivity contribution in [3.63, 3.8) is 0 Å². The van der Waals surface area contributed by atoms with Crippen molar-refractivity contribution in [2.24, 2.45) is 46.8 Å². The lowest BCUT2D eigenvalue weighted by Gasteiger charge is -2.34. The van der Waals surface area contributed by atoms with E-state index in [1.165, 1.54) is 4.90 Å². The van der Waals surface area contributed by atoms with Crippen molar-refractivity contribution >= 4 is 41.3 Å². The Bertz CT molecular complexity index is 1540. The lowest BCUT2D eigenvalue weighted by atomic mass is 9.73. The third kappa shape index (κ3) is 10.3. The number of hydrogen-bond donors (Lipinski definition) is 4. The van der Waals surface area contributed by atoms with E-state index in [2.05, 4.69) is 21.3 Å². The van der Waals surface area contributed by atoms with Crippen LogP contribution in [-0.4, -0.2) is 85.5 Å². The highest BCUT2D eigenvalue weighted by Crippen LogP contribution is 2.62. The normalized spacial score (nSPS) is 24.5. The molecule has 0 heterocycles. The maximum atomic E-state index is 14.5. The molecular weight excluding hydrogens is 690 g/mol. The molecule has 0 aliphatic heterocycles. The minimum absolute atomic E-state index is 0.0342. The van der Waals surface area contributed by atoms with Crippen LogP contribution in [0.15, 0.2) is 30.3 Å². The molecule has 5 amide bonds. The first kappa shape index (κ1) is 42.5. The lowest BCUT2D eigenvalue weighted by Crippen LogP contribution is -2.55. The Labute approximate surface area is 319 Å². The van der Waals surface area contributed by atoms with E-state index in [0.717, 1.165) is 19.3 Å². The van der Waals surface area contributed by atoms with Gasteiger partial charge in [-0.05, 0) is 72.7 Å². The summed E-state index contributed by atoms with van der Waals surface area (Å²) in [4.78, 5) is 95.8. The number of benzene rings is 1. The van der Waals surface area contributed by atoms with Gasteiger partial charge in [-0.2, -0.15) is 0 Å². The Balaban J connectivity index is 1.49. The quantitative estimate of drug-likeness (QED) is 0.173. The fourth-order valence-electron chi connectivity index (χ4n) is 8.81. The number of amides is 5. The van der Waals surface area contributed by atoms with Crippen LogP contribution in [0.25, 0.3) is 0 Å². The van der Waals surface area contributed by atoms with Gasteiger partial charge in [0.05, 0.1) is 31.2 Å². The van der Waals surface area contributed by atoms with Gasteiger partial charge in [0.2, 0.25) is 23.5 Å². The monoisotopic (exact) mass is 751 g/mol. The van der Waals surface area contributed by atoms with E-state index in [-0.39, 0.29) is 48.4 Å². The first-order chi connectivity index (χ1) is 25.4. The van der Waals surface area contributed by atoms with Crippen molar-refractivity contribution in [3.8, 4) is 0 Å². The van der Waals surface area contributed by atoms with Gasteiger partial charge in [-0.3, -0.25) is 28.8 Å². The van der Waals surface area contributed by atoms with E-state index in [4.69, 9.17) is 4.74 Å². The average molecular weight is 752 g/mol. The number of likely N-dealkylation sites (N-methyl/N-ethyl adjacent to an activating group) is 1. The molecule has 13 heteroatoms. The highest BCUT2D eigenvalue weighted by atomic mass is 16.5. The second-order valence-electron chi connectivity index (χ2n) is 17.2. The molecule has 3 aliphatic rings. The zero-order valence-electron chi connectivity index (χ0n) is 33.2. The van der Waals surface area contributed by atoms with Gasteiger partial charge in [0.15, 0.2) is 5.78 Å². The molecule has 13 nitrogen and oxygen atoms in total. The van der Waals surface area contributed by atoms with E-state index in [9.17, 15) is 33.6 Å². The smallest absolute Gasteiger partial charge is 0.407 e. The number of Topliss-reactive ketones (excluding diaryl/α,β-unsaturated/α-hetero) is 2. The Morgan fingerprint density at radius 1 is 0.907 bits per heavy atom. The van der Waals surface area contributed by atoms with Gasteiger partial charge in [-0.15, -0.1) is 0 Å². The van der Waals surface area contributed by atoms with Crippen LogP contribution in [0.2, 0.25) is 0 Å². The van der Waals surface area contributed by atoms with Crippen LogP contribution in [-0.2, 0) is 33.5 Å². The zero-order valence-corrected chi connectivity index (χ0v) is 33.2. The molecule has 2 bridgehead atoms. The number of ether oxygens (including phenoxy) is 1. The lowest BCUT2D eigenvalue weighted by molar-refractivity contribution is -0.142. The van der Waals surface area contributed by atoms with Gasteiger partial charge in [-0.25, -0.2) is 4.79 Å². The van der Waals surface area contributed by atoms with Crippen molar-refractivity contribution in [1.82, 2.24) is 26.2 Å². The SMILES string of the molecule is CCCC[C@H](NC(=O)[C@H]1C(C(=O)[C@@H](NC(=O)OCC(C)C)C(C)(C)C)C[C@@H]2[C@H]3CC[C@H](C3)[C@@H]21)C(=O)C(=O)NCC(=O)NC(C(=O)N(C)C)c1ccccc1. The molecular formula is C41H61N5O8. The van der Waals surface area contributed by atoms with E-state index in [1.807, 2.05) is 41.5 Å². The molecule has 1 aromatic carbocycles. The van der Waals surface area contributed by atoms with Crippen molar-refractivity contribution < 1.29 is 38.3 Å². The minimum Gasteiger partial charge on any atom is -0.449 e. The average Bonchev–Trinajstić information content (AvgIpc) is 3.85. The van der Waals surface area contributed by atoms with E-state index >= 15 is 0 Å². The highest BCUT2D eigenvalue weighted by molar-refractivity contribution is 6.38. The third-order valence-electron chi connectivity index (χ3n) is 11.4. The van der Waals surface area contributed by atoms with Crippen LogP contribution < -0.4 is 21.3 Å². The van der Waals surface area contributed by atoms with Crippen molar-refractivity contribution in [2.45, 2.75) is 105 Å². The van der Waals surface area contributed by atoms with Gasteiger partial charge in [0, 0.05) is 20.0 Å². The zero-order chi connectivity index (χ0) is 39.9. The largest absolute Gasteiger partial charge is 0.449 e. The van der Waals surface area contributed by atoms with E-state index in [0.29, 0.717) is 30.7 Å². The van der Waals surface area contributed by atoms with Gasteiger partial charge < -0.3 is 30.9 Å². The molecule has 0 radical (unpaired) electrons. The number of alkyl carbamates (subject to hydrolysis) is 1. The van der Waals surface area contributed by atoms with Gasteiger partial charge in [0.25, 0.3) is 5.91 Å². The molecule has 3 fully saturated rings. The summed E-state index contributed by atoms with van der Waals surface area (Å²) in [6, 6.07) is 5.63. The number of ketones is 2. The van der Waals surface area contributed by atoms with Gasteiger partial charge in [0.1, 0.15) is 6.04 Å². The summed E-state index contributed by atoms with van der Waals surface area (Å²) in [5.41, 5.74) is -0.109. The summed E-state index contributed by atoms with van der Waals surface area (Å²) >= 11 is 0. The number of hydrogen-bond acceptors (Lipinski definition) is 8. The van der Waals surface area contributed by atoms with Crippen LogP contribution in [0.1, 0.15) is 98.1 Å². The van der Waals surface area contributed by atoms with Crippen LogP contribution in [0.4, 0.5) is 4.79 Å². The second kappa shape index (κ2) is 18.4. The summed E-state index contributed by atoms with van der Waals surface area (Å²) in [6.45, 7) is 11.0. The van der Waals surface area contributed by atoms with E-state index < -0.39 is 71.5 Å². The molecule has 0 aromatic heterocycles. The summed E-state index contributed by atoms with van der Waals surface area (Å²) in [6.07, 6.45) is 4.35. The molecule has 0 saturated heterocycles. The number of nitrogens with one attached hydrogen (secondary N) is 4. The van der Waals surface area contributed by atoms with Crippen LogP contribution >= 0.6 is 0 Å². The maximum absolute atomic E-state index is 14.5. The first-order valence-electron chi connectivity index (χ1n) is 19.6. The Hall–Kier alpha value is -4.29. The van der Waals surface area contributed by atoms with Crippen molar-refractivity contribution in [2.75, 3.05) is 27.2 Å². The predicted octanol–water partition coefficient (Wildman–Crippen LogP) is 3.96. The van der Waals surface area contributed by atoms with Crippen LogP contribution in [0.3, 0.4) is 0 Å². The Kier molecular flexibility index (Phi) is 14.4. The number of nitrogens with zero attached hydrogens (tertiary/aromatic N) is 1. The first-order valence-corrected chi connectivity index (χ1v) is 19.6. The summed E-state index contributed by atoms with van der Waals surface area (Å²) in [7, 11) is 3.14. The van der Waals surface area contributed by atoms with Gasteiger partial charge in [-0.1, -0.05) is 84.7 Å². The molecule has 2 unspecified atom stereocenters. The Morgan fingerprint density at radius 2 is 1.57 bits per heavy atom. The summed E-state index contributed by atoms with van der Waals surface area (Å²) in [5, 5.41) is 10.7. The molecule has 298 valence electrons. The fraction of sp³-hybridized carbons (Fsp3) is 0.683. The Morgan fingerprint density at radius 3 is 2.19 bits per heavy atom. The molecule has 1 aromatic rings. The molecule has 3 aliphatic carbocycles. The minimum atomic E-state index is -1.16. The third-order valence-corrected chi connectivity index (χ3v) is 11.4. The number of fused-ring (bicyclic) bond motifs is 5. The molecule has 4 N–H and O–H groups in total. The molecule has 54 heavy (non-hydrogen) atoms. The highest BCUT2D eigenvalue weighted by Gasteiger charge is 2.61. The second-order valence-corrected chi connectivity index (χ2v) is 17.2. The summed E-state index contributed by atoms with van der Waals surface area (Å²) in [5.74, 6) is -4.02. The predicted molar refractivity (Wildman–Crippen MR) is 202 cm³/mol. The topological polar surface area (TPSA) is 180 Å². The molecule has 4 rings (SSSR count). The molecule has 3 saturated carbocycles. The van der Waals surface area contributed by atoms with Crippen LogP contribution in [0, 0.1) is 46.8 Å². The standard InChI is InChI=1S/C41H61N5O8/c1-9-10-16-29(35(49)38(51)42-21-30(47)44-33(39(52)46(7)8)24-14-12-11-13-15-24)43-37(50)32-28(20-27-25-17-18-26(19-25)31(27)32)34(48)36(41(4,5)6)45-40(53)54-22-23(2)3/h11-15,23,25-29,31-33,36H,9-10,16-22H2,1-8H3,(H,42,51)(H,43,50)(H,44,47)(H,45,53)/t25-,26+,27+,28?,29-,31-,32-,33?,36+/m0/s1.